The quantitative estimate of drug-likeness (QED) is 0.376. The predicted molar refractivity (Wildman–Crippen MR) is 158 cm³/mol. The Labute approximate surface area is 241 Å². The number of aryl methyl sites for hydroxylation is 1. The third-order valence-electron chi connectivity index (χ3n) is 7.91. The molecule has 3 N–H and O–H groups in total. The second kappa shape index (κ2) is 11.7. The number of amides is 1. The molecule has 11 nitrogen and oxygen atoms in total. The number of phenols is 1. The summed E-state index contributed by atoms with van der Waals surface area (Å²) < 4.78 is 26.7. The van der Waals surface area contributed by atoms with E-state index in [-0.39, 0.29) is 34.8 Å². The van der Waals surface area contributed by atoms with E-state index in [9.17, 15) is 14.1 Å². The van der Waals surface area contributed by atoms with E-state index in [1.54, 1.807) is 35.5 Å². The van der Waals surface area contributed by atoms with Gasteiger partial charge in [-0.3, -0.25) is 9.78 Å². The number of phenolic OH excluding ortho intramolecular Hbond substituents is 1. The third kappa shape index (κ3) is 5.83. The molecular weight excluding hydrogens is 542 g/mol. The van der Waals surface area contributed by atoms with Crippen LogP contribution < -0.4 is 15.5 Å². The third-order valence-corrected chi connectivity index (χ3v) is 8.59. The van der Waals surface area contributed by atoms with Gasteiger partial charge in [-0.1, -0.05) is 18.9 Å². The first-order chi connectivity index (χ1) is 20.0. The van der Waals surface area contributed by atoms with Gasteiger partial charge in [-0.15, -0.1) is 8.80 Å². The van der Waals surface area contributed by atoms with E-state index in [0.29, 0.717) is 37.9 Å². The summed E-state index contributed by atoms with van der Waals surface area (Å²) in [5, 5.41) is 17.6. The van der Waals surface area contributed by atoms with Crippen molar-refractivity contribution in [1.82, 2.24) is 15.2 Å². The second-order valence-corrected chi connectivity index (χ2v) is 11.4. The van der Waals surface area contributed by atoms with Crippen LogP contribution in [0.25, 0.3) is 0 Å². The van der Waals surface area contributed by atoms with E-state index in [0.717, 1.165) is 42.9 Å². The van der Waals surface area contributed by atoms with Gasteiger partial charge in [0.25, 0.3) is 17.1 Å². The van der Waals surface area contributed by atoms with Crippen LogP contribution in [0.1, 0.15) is 53.6 Å². The number of piperazine rings is 1. The molecule has 4 heterocycles. The second-order valence-electron chi connectivity index (χ2n) is 10.5. The number of carbonyl (C=O) groups is 1. The van der Waals surface area contributed by atoms with Crippen LogP contribution in [0.4, 0.5) is 11.4 Å². The molecule has 6 rings (SSSR count). The fraction of sp³-hybridized carbons (Fsp3) is 0.379. The Kier molecular flexibility index (Phi) is 7.73. The fourth-order valence-electron chi connectivity index (χ4n) is 5.76. The molecule has 2 fully saturated rings. The molecule has 2 aromatic heterocycles. The highest BCUT2D eigenvalue weighted by atomic mass is 32.2. The summed E-state index contributed by atoms with van der Waals surface area (Å²) in [6, 6.07) is 12.6. The van der Waals surface area contributed by atoms with Crippen molar-refractivity contribution in [3.8, 4) is 5.75 Å². The van der Waals surface area contributed by atoms with E-state index in [1.807, 2.05) is 31.2 Å². The van der Waals surface area contributed by atoms with Crippen molar-refractivity contribution in [2.45, 2.75) is 38.6 Å². The topological polar surface area (TPSA) is 136 Å². The molecule has 1 aliphatic carbocycles. The fourth-order valence-corrected chi connectivity index (χ4v) is 6.38. The summed E-state index contributed by atoms with van der Waals surface area (Å²) in [7, 11) is 0. The Morgan fingerprint density at radius 2 is 1.76 bits per heavy atom. The van der Waals surface area contributed by atoms with Gasteiger partial charge in [0, 0.05) is 44.3 Å². The molecule has 1 amide bonds. The first-order valence-electron chi connectivity index (χ1n) is 13.9. The van der Waals surface area contributed by atoms with E-state index in [2.05, 4.69) is 29.3 Å². The van der Waals surface area contributed by atoms with Crippen LogP contribution in [0.15, 0.2) is 68.1 Å². The monoisotopic (exact) mass is 575 g/mol. The molecule has 214 valence electrons. The molecule has 2 aliphatic heterocycles. The number of carbonyl (C=O) groups excluding carboxylic acids is 1. The van der Waals surface area contributed by atoms with Crippen molar-refractivity contribution in [2.24, 2.45) is 14.7 Å². The minimum atomic E-state index is -1.81. The van der Waals surface area contributed by atoms with Crippen LogP contribution >= 0.6 is 0 Å². The average molecular weight is 576 g/mol. The van der Waals surface area contributed by atoms with E-state index in [4.69, 9.17) is 4.42 Å². The molecule has 3 aromatic rings. The van der Waals surface area contributed by atoms with Crippen molar-refractivity contribution >= 4 is 40.1 Å². The maximum Gasteiger partial charge on any atom is 0.269 e. The van der Waals surface area contributed by atoms with Gasteiger partial charge >= 0.3 is 0 Å². The Morgan fingerprint density at radius 3 is 2.46 bits per heavy atom. The number of hydrogen-bond donors (Lipinski definition) is 3. The summed E-state index contributed by atoms with van der Waals surface area (Å²) in [6.45, 7) is 4.32. The SMILES string of the molecule is Cc1ccc([C@H](NC2=NS(=O)N=C2Nc2cccc(C(=O)N3CCN(c4ccncc4)CC3)c2O)C2CCCC2)o1. The highest BCUT2D eigenvalue weighted by molar-refractivity contribution is 7.83. The number of aromatic hydroxyl groups is 1. The molecule has 41 heavy (non-hydrogen) atoms. The number of amidine groups is 2. The zero-order valence-electron chi connectivity index (χ0n) is 22.8. The number of furan rings is 1. The summed E-state index contributed by atoms with van der Waals surface area (Å²) in [5.41, 5.74) is 1.54. The molecule has 1 unspecified atom stereocenters. The molecule has 0 spiro atoms. The number of para-hydroxylation sites is 1. The zero-order chi connectivity index (χ0) is 28.3. The average Bonchev–Trinajstić information content (AvgIpc) is 3.75. The van der Waals surface area contributed by atoms with Gasteiger partial charge in [0.15, 0.2) is 17.4 Å². The van der Waals surface area contributed by atoms with Crippen molar-refractivity contribution in [2.75, 3.05) is 36.4 Å². The summed E-state index contributed by atoms with van der Waals surface area (Å²) in [5.74, 6) is 2.08. The number of benzene rings is 1. The van der Waals surface area contributed by atoms with Crippen LogP contribution in [0.2, 0.25) is 0 Å². The normalized spacial score (nSPS) is 20.1. The first-order valence-corrected chi connectivity index (χ1v) is 15.0. The largest absolute Gasteiger partial charge is 0.505 e. The van der Waals surface area contributed by atoms with Crippen LogP contribution in [-0.2, 0) is 11.2 Å². The Hall–Kier alpha value is -4.19. The highest BCUT2D eigenvalue weighted by Gasteiger charge is 2.33. The van der Waals surface area contributed by atoms with Gasteiger partial charge in [-0.05, 0) is 62.1 Å². The minimum Gasteiger partial charge on any atom is -0.505 e. The molecular formula is C29H33N7O4S. The van der Waals surface area contributed by atoms with E-state index >= 15 is 0 Å². The zero-order valence-corrected chi connectivity index (χ0v) is 23.6. The Balaban J connectivity index is 1.16. The van der Waals surface area contributed by atoms with E-state index in [1.165, 1.54) is 0 Å². The number of nitrogens with zero attached hydrogens (tertiary/aromatic N) is 5. The van der Waals surface area contributed by atoms with Crippen molar-refractivity contribution in [3.05, 3.63) is 71.9 Å². The molecule has 1 saturated carbocycles. The van der Waals surface area contributed by atoms with Crippen molar-refractivity contribution in [1.29, 1.82) is 0 Å². The highest BCUT2D eigenvalue weighted by Crippen LogP contribution is 2.37. The number of aromatic nitrogens is 1. The van der Waals surface area contributed by atoms with Crippen LogP contribution in [0.3, 0.4) is 0 Å². The van der Waals surface area contributed by atoms with Gasteiger partial charge < -0.3 is 30.0 Å². The van der Waals surface area contributed by atoms with Gasteiger partial charge in [0.05, 0.1) is 17.3 Å². The number of nitrogens with one attached hydrogen (secondary N) is 2. The number of anilines is 2. The van der Waals surface area contributed by atoms with Crippen molar-refractivity contribution in [3.63, 3.8) is 0 Å². The maximum absolute atomic E-state index is 13.4. The lowest BCUT2D eigenvalue weighted by atomic mass is 9.96. The van der Waals surface area contributed by atoms with Crippen LogP contribution in [-0.4, -0.2) is 63.0 Å². The first kappa shape index (κ1) is 27.0. The van der Waals surface area contributed by atoms with Gasteiger partial charge in [0.2, 0.25) is 0 Å². The lowest BCUT2D eigenvalue weighted by Gasteiger charge is -2.36. The standard InChI is InChI=1S/C29H33N7O4S/c1-19-9-10-24(40-19)25(20-5-2-3-6-20)32-28-27(33-41(39)34-28)31-23-8-4-7-22(26(23)37)29(38)36-17-15-35(16-18-36)21-11-13-30-14-12-21/h4,7-14,20,25,37H,2-3,5-6,15-18H2,1H3,(H,31,33)(H,32,34)/t25-,41?/m1/s1. The molecule has 0 bridgehead atoms. The van der Waals surface area contributed by atoms with Crippen LogP contribution in [0, 0.1) is 12.8 Å². The van der Waals surface area contributed by atoms with Crippen molar-refractivity contribution < 1.29 is 18.5 Å². The van der Waals surface area contributed by atoms with E-state index < -0.39 is 11.2 Å². The molecule has 12 heteroatoms. The molecule has 1 aromatic carbocycles. The summed E-state index contributed by atoms with van der Waals surface area (Å²) >= 11 is -1.81. The number of hydrogen-bond acceptors (Lipinski definition) is 8. The molecule has 0 radical (unpaired) electrons. The molecule has 2 atom stereocenters. The predicted octanol–water partition coefficient (Wildman–Crippen LogP) is 3.97. The van der Waals surface area contributed by atoms with Gasteiger partial charge in [0.1, 0.15) is 11.5 Å². The summed E-state index contributed by atoms with van der Waals surface area (Å²) in [6.07, 6.45) is 7.91. The molecule has 3 aliphatic rings. The summed E-state index contributed by atoms with van der Waals surface area (Å²) in [4.78, 5) is 21.4. The number of pyridine rings is 1. The minimum absolute atomic E-state index is 0.153. The van der Waals surface area contributed by atoms with Gasteiger partial charge in [-0.2, -0.15) is 0 Å². The lowest BCUT2D eigenvalue weighted by molar-refractivity contribution is 0.0744. The Morgan fingerprint density at radius 1 is 1.02 bits per heavy atom. The number of rotatable bonds is 6. The molecule has 1 saturated heterocycles. The lowest BCUT2D eigenvalue weighted by Crippen LogP contribution is -2.48. The van der Waals surface area contributed by atoms with Gasteiger partial charge in [-0.25, -0.2) is 4.21 Å². The maximum atomic E-state index is 13.4. The smallest absolute Gasteiger partial charge is 0.269 e. The Bertz CT molecular complexity index is 1490. The van der Waals surface area contributed by atoms with Crippen LogP contribution in [0.5, 0.6) is 5.75 Å².